The molecular formula is C49H38O28. The summed E-state index contributed by atoms with van der Waals surface area (Å²) in [6.07, 6.45) is -18.1. The Morgan fingerprint density at radius 3 is 1.30 bits per heavy atom. The quantitative estimate of drug-likeness (QED) is 0.0681. The van der Waals surface area contributed by atoms with Gasteiger partial charge < -0.3 is 121 Å². The number of aliphatic hydroxyl groups excluding tert-OH is 3. The lowest BCUT2D eigenvalue weighted by Gasteiger charge is -2.38. The molecule has 7 atom stereocenters. The molecule has 3 aliphatic rings. The number of hydrogen-bond donors (Lipinski definition) is 19. The van der Waals surface area contributed by atoms with Gasteiger partial charge in [-0.15, -0.1) is 0 Å². The largest absolute Gasteiger partial charge is 0.507 e. The molecule has 0 bridgehead atoms. The number of phenols is 16. The van der Waals surface area contributed by atoms with Crippen molar-refractivity contribution in [2.45, 2.75) is 49.1 Å². The van der Waals surface area contributed by atoms with Crippen molar-refractivity contribution in [1.29, 1.82) is 0 Å². The highest BCUT2D eigenvalue weighted by Crippen LogP contribution is 2.56. The van der Waals surface area contributed by atoms with Crippen LogP contribution in [-0.2, 0) is 25.4 Å². The third-order valence-corrected chi connectivity index (χ3v) is 12.9. The van der Waals surface area contributed by atoms with Crippen molar-refractivity contribution >= 4 is 23.9 Å². The van der Waals surface area contributed by atoms with Crippen molar-refractivity contribution in [2.75, 3.05) is 6.61 Å². The van der Waals surface area contributed by atoms with Crippen molar-refractivity contribution in [2.24, 2.45) is 0 Å². The number of hydrogen-bond acceptors (Lipinski definition) is 28. The number of benzene rings is 6. The van der Waals surface area contributed by atoms with Crippen LogP contribution in [0.2, 0.25) is 0 Å². The molecule has 28 nitrogen and oxygen atoms in total. The third kappa shape index (κ3) is 8.25. The number of cyclic esters (lactones) is 4. The van der Waals surface area contributed by atoms with E-state index in [2.05, 4.69) is 0 Å². The first-order valence-electron chi connectivity index (χ1n) is 22.0. The first-order chi connectivity index (χ1) is 36.2. The third-order valence-electron chi connectivity index (χ3n) is 12.9. The normalized spacial score (nSPS) is 20.7. The van der Waals surface area contributed by atoms with Gasteiger partial charge in [0.2, 0.25) is 23.0 Å². The lowest BCUT2D eigenvalue weighted by atomic mass is 9.88. The van der Waals surface area contributed by atoms with E-state index in [0.717, 1.165) is 18.2 Å². The summed E-state index contributed by atoms with van der Waals surface area (Å²) in [7, 11) is 0. The van der Waals surface area contributed by atoms with E-state index in [1.165, 1.54) is 6.07 Å². The van der Waals surface area contributed by atoms with Crippen molar-refractivity contribution in [3.8, 4) is 120 Å². The van der Waals surface area contributed by atoms with Crippen molar-refractivity contribution < 1.29 is 140 Å². The number of esters is 4. The van der Waals surface area contributed by atoms with E-state index in [1.807, 2.05) is 0 Å². The summed E-state index contributed by atoms with van der Waals surface area (Å²) in [6, 6.07) is 5.51. The molecule has 0 fully saturated rings. The van der Waals surface area contributed by atoms with Gasteiger partial charge in [-0.05, 0) is 42.0 Å². The lowest BCUT2D eigenvalue weighted by Crippen LogP contribution is -2.54. The topological polar surface area (TPSA) is 499 Å². The number of phenolic OH excluding ortho intramolecular Hbond substituents is 16. The summed E-state index contributed by atoms with van der Waals surface area (Å²) in [5, 5.41) is 209. The molecule has 6 aromatic carbocycles. The molecule has 0 saturated carbocycles. The summed E-state index contributed by atoms with van der Waals surface area (Å²) in [4.78, 5) is 58.0. The van der Waals surface area contributed by atoms with E-state index in [9.17, 15) is 116 Å². The summed E-state index contributed by atoms with van der Waals surface area (Å²) >= 11 is 0. The van der Waals surface area contributed by atoms with Crippen LogP contribution in [0.5, 0.6) is 97.7 Å². The zero-order chi connectivity index (χ0) is 56.1. The maximum Gasteiger partial charge on any atom is 0.339 e. The predicted molar refractivity (Wildman–Crippen MR) is 245 cm³/mol. The molecule has 0 saturated heterocycles. The van der Waals surface area contributed by atoms with E-state index in [4.69, 9.17) is 23.7 Å². The SMILES string of the molecule is O=C1OC[C@@H](O)[C@H]([C@@H]2OC(=O)c3cc(O)c(O)c(O)c3-c3c(cc(O)c(O)c3O)C(=O)O[C@H]2[C@@H](O)c2c(O)cc3c(c2O)C[C@H](O)[C@@H](c2ccc(O)c(O)c2)O3)OC(=O)c2cc(O)c(O)c(O)c2-c2c1cc(O)c(O)c2O. The van der Waals surface area contributed by atoms with Gasteiger partial charge in [0, 0.05) is 40.3 Å². The predicted octanol–water partition coefficient (Wildman–Crippen LogP) is 1.90. The van der Waals surface area contributed by atoms with Crippen LogP contribution in [0, 0.1) is 0 Å². The highest BCUT2D eigenvalue weighted by molar-refractivity contribution is 6.10. The molecule has 28 heteroatoms. The molecule has 3 heterocycles. The van der Waals surface area contributed by atoms with E-state index < -0.39 is 233 Å². The van der Waals surface area contributed by atoms with Gasteiger partial charge in [0.25, 0.3) is 0 Å². The van der Waals surface area contributed by atoms with Crippen molar-refractivity contribution in [1.82, 2.24) is 0 Å². The Labute approximate surface area is 426 Å². The standard InChI is InChI=1S/C49H38O28/c50-17-2-1-11(3-18(17)51)42-24(57)4-12-26(74-42)9-19(52)31(32(12)59)41(68)44-45(77-49(72)16-8-23(56)36(63)40(67)30(16)29-15(48(71)76-44)7-22(55)35(62)39(29)66)43-25(58)10-73-46(69)13-5-20(53)33(60)37(64)27(13)28-14(47(70)75-43)6-21(54)34(61)38(28)65/h1-3,5-9,24-25,41-45,50-68H,4,10H2/t24-,25+,41-,42+,43+,44-,45-/m0/s1. The molecule has 0 spiro atoms. The fourth-order valence-electron chi connectivity index (χ4n) is 9.11. The Morgan fingerprint density at radius 1 is 0.416 bits per heavy atom. The van der Waals surface area contributed by atoms with Crippen molar-refractivity contribution in [3.63, 3.8) is 0 Å². The summed E-state index contributed by atoms with van der Waals surface area (Å²) in [5.41, 5.74) is -10.9. The van der Waals surface area contributed by atoms with Crippen LogP contribution in [-0.4, -0.2) is 158 Å². The van der Waals surface area contributed by atoms with Gasteiger partial charge in [0.05, 0.1) is 33.9 Å². The van der Waals surface area contributed by atoms with Gasteiger partial charge in [-0.2, -0.15) is 0 Å². The Balaban J connectivity index is 1.27. The van der Waals surface area contributed by atoms with Gasteiger partial charge >= 0.3 is 23.9 Å². The van der Waals surface area contributed by atoms with Crippen LogP contribution in [0.25, 0.3) is 22.3 Å². The number of carbonyl (C=O) groups is 4. The maximum atomic E-state index is 14.8. The van der Waals surface area contributed by atoms with Crippen LogP contribution in [0.3, 0.4) is 0 Å². The Bertz CT molecular complexity index is 3550. The lowest BCUT2D eigenvalue weighted by molar-refractivity contribution is -0.150. The molecule has 0 unspecified atom stereocenters. The first kappa shape index (κ1) is 51.6. The summed E-state index contributed by atoms with van der Waals surface area (Å²) in [5.74, 6) is -28.7. The van der Waals surface area contributed by atoms with Crippen LogP contribution >= 0.6 is 0 Å². The fraction of sp³-hybridized carbons (Fsp3) is 0.184. The maximum absolute atomic E-state index is 14.8. The highest BCUT2D eigenvalue weighted by atomic mass is 16.6. The minimum atomic E-state index is -2.96. The van der Waals surface area contributed by atoms with Gasteiger partial charge in [-0.25, -0.2) is 19.2 Å². The average molecular weight is 1070 g/mol. The molecule has 402 valence electrons. The number of ether oxygens (including phenoxy) is 5. The minimum absolute atomic E-state index is 0.0609. The molecule has 6 aromatic rings. The van der Waals surface area contributed by atoms with Gasteiger partial charge in [0.1, 0.15) is 42.2 Å². The number of aliphatic hydroxyl groups is 3. The fourth-order valence-corrected chi connectivity index (χ4v) is 9.11. The number of rotatable bonds is 4. The molecule has 9 rings (SSSR count). The monoisotopic (exact) mass is 1070 g/mol. The molecule has 0 aliphatic carbocycles. The molecule has 0 radical (unpaired) electrons. The summed E-state index contributed by atoms with van der Waals surface area (Å²) < 4.78 is 28.0. The Kier molecular flexibility index (Phi) is 12.4. The molecule has 77 heavy (non-hydrogen) atoms. The zero-order valence-corrected chi connectivity index (χ0v) is 38.2. The van der Waals surface area contributed by atoms with E-state index in [0.29, 0.717) is 24.3 Å². The second-order valence-electron chi connectivity index (χ2n) is 17.5. The van der Waals surface area contributed by atoms with Crippen LogP contribution in [0.4, 0.5) is 0 Å². The molecule has 0 amide bonds. The molecule has 3 aliphatic heterocycles. The van der Waals surface area contributed by atoms with Crippen LogP contribution < -0.4 is 4.74 Å². The average Bonchev–Trinajstić information content (AvgIpc) is 3.42. The van der Waals surface area contributed by atoms with Crippen molar-refractivity contribution in [3.05, 3.63) is 87.5 Å². The molecule has 0 aromatic heterocycles. The van der Waals surface area contributed by atoms with Gasteiger partial charge in [0.15, 0.2) is 75.8 Å². The van der Waals surface area contributed by atoms with Gasteiger partial charge in [-0.1, -0.05) is 6.07 Å². The smallest absolute Gasteiger partial charge is 0.339 e. The zero-order valence-electron chi connectivity index (χ0n) is 38.2. The van der Waals surface area contributed by atoms with Crippen LogP contribution in [0.1, 0.15) is 70.3 Å². The number of aromatic hydroxyl groups is 16. The van der Waals surface area contributed by atoms with E-state index >= 15 is 0 Å². The Hall–Kier alpha value is -10.3. The first-order valence-corrected chi connectivity index (χ1v) is 22.0. The van der Waals surface area contributed by atoms with Gasteiger partial charge in [-0.3, -0.25) is 0 Å². The minimum Gasteiger partial charge on any atom is -0.507 e. The van der Waals surface area contributed by atoms with E-state index in [-0.39, 0.29) is 5.56 Å². The Morgan fingerprint density at radius 2 is 0.844 bits per heavy atom. The van der Waals surface area contributed by atoms with E-state index in [1.54, 1.807) is 0 Å². The highest BCUT2D eigenvalue weighted by Gasteiger charge is 2.51. The molecular weight excluding hydrogens is 1040 g/mol. The summed E-state index contributed by atoms with van der Waals surface area (Å²) in [6.45, 7) is -1.50. The number of carbonyl (C=O) groups excluding carboxylic acids is 4. The second kappa shape index (κ2) is 18.6. The second-order valence-corrected chi connectivity index (χ2v) is 17.5. The molecule has 19 N–H and O–H groups in total. The number of fused-ring (bicyclic) bond motifs is 7. The van der Waals surface area contributed by atoms with Crippen LogP contribution in [0.15, 0.2) is 48.5 Å².